The van der Waals surface area contributed by atoms with E-state index in [4.69, 9.17) is 0 Å². The number of hydrogen-bond donors (Lipinski definition) is 1. The van der Waals surface area contributed by atoms with Crippen LogP contribution in [0.4, 0.5) is 10.2 Å². The number of nitrogens with one attached hydrogen (secondary N) is 1. The molecular formula is C13H15FN2. The zero-order chi connectivity index (χ0) is 11.5. The molecule has 16 heavy (non-hydrogen) atoms. The quantitative estimate of drug-likeness (QED) is 0.852. The summed E-state index contributed by atoms with van der Waals surface area (Å²) < 4.78 is 13.0. The van der Waals surface area contributed by atoms with Gasteiger partial charge in [0, 0.05) is 11.9 Å². The Morgan fingerprint density at radius 1 is 1.31 bits per heavy atom. The van der Waals surface area contributed by atoms with Crippen LogP contribution < -0.4 is 5.32 Å². The Labute approximate surface area is 94.5 Å². The molecule has 0 bridgehead atoms. The van der Waals surface area contributed by atoms with Crippen LogP contribution in [0.2, 0.25) is 0 Å². The van der Waals surface area contributed by atoms with E-state index in [2.05, 4.69) is 17.2 Å². The highest BCUT2D eigenvalue weighted by Gasteiger charge is 2.03. The number of anilines is 1. The van der Waals surface area contributed by atoms with Crippen molar-refractivity contribution in [2.45, 2.75) is 20.3 Å². The summed E-state index contributed by atoms with van der Waals surface area (Å²) in [5.74, 6) is 0.670. The highest BCUT2D eigenvalue weighted by molar-refractivity contribution is 5.81. The number of rotatable bonds is 3. The molecule has 2 nitrogen and oxygen atoms in total. The largest absolute Gasteiger partial charge is 0.370 e. The van der Waals surface area contributed by atoms with Crippen LogP contribution >= 0.6 is 0 Å². The smallest absolute Gasteiger partial charge is 0.129 e. The predicted octanol–water partition coefficient (Wildman–Crippen LogP) is 3.50. The van der Waals surface area contributed by atoms with Gasteiger partial charge in [-0.3, -0.25) is 0 Å². The molecule has 0 radical (unpaired) electrons. The van der Waals surface area contributed by atoms with Gasteiger partial charge in [-0.1, -0.05) is 6.92 Å². The van der Waals surface area contributed by atoms with Crippen LogP contribution in [0, 0.1) is 12.7 Å². The second kappa shape index (κ2) is 4.47. The Balaban J connectivity index is 2.45. The lowest BCUT2D eigenvalue weighted by atomic mass is 10.1. The van der Waals surface area contributed by atoms with Gasteiger partial charge in [0.1, 0.15) is 11.6 Å². The Morgan fingerprint density at radius 2 is 2.12 bits per heavy atom. The van der Waals surface area contributed by atoms with Crippen LogP contribution in [-0.2, 0) is 0 Å². The fraction of sp³-hybridized carbons (Fsp3) is 0.308. The standard InChI is InChI=1S/C13H15FN2/c1-3-6-15-13-9(2)7-10-8-11(14)4-5-12(10)16-13/h4-5,7-8H,3,6H2,1-2H3,(H,15,16). The molecular weight excluding hydrogens is 203 g/mol. The van der Waals surface area contributed by atoms with Gasteiger partial charge in [0.05, 0.1) is 5.52 Å². The third-order valence-corrected chi connectivity index (χ3v) is 2.51. The number of halogens is 1. The number of nitrogens with zero attached hydrogens (tertiary/aromatic N) is 1. The Bertz CT molecular complexity index is 509. The summed E-state index contributed by atoms with van der Waals surface area (Å²) in [4.78, 5) is 4.48. The lowest BCUT2D eigenvalue weighted by Gasteiger charge is -2.09. The van der Waals surface area contributed by atoms with E-state index in [1.807, 2.05) is 13.0 Å². The van der Waals surface area contributed by atoms with Gasteiger partial charge < -0.3 is 5.32 Å². The van der Waals surface area contributed by atoms with Crippen molar-refractivity contribution in [1.29, 1.82) is 0 Å². The summed E-state index contributed by atoms with van der Waals surface area (Å²) in [6.45, 7) is 4.99. The van der Waals surface area contributed by atoms with Crippen molar-refractivity contribution in [2.75, 3.05) is 11.9 Å². The van der Waals surface area contributed by atoms with E-state index >= 15 is 0 Å². The Morgan fingerprint density at radius 3 is 2.88 bits per heavy atom. The van der Waals surface area contributed by atoms with Crippen LogP contribution in [0.15, 0.2) is 24.3 Å². The van der Waals surface area contributed by atoms with E-state index in [0.29, 0.717) is 0 Å². The molecule has 0 aliphatic heterocycles. The zero-order valence-corrected chi connectivity index (χ0v) is 9.55. The van der Waals surface area contributed by atoms with E-state index in [1.54, 1.807) is 6.07 Å². The topological polar surface area (TPSA) is 24.9 Å². The molecule has 0 spiro atoms. The molecule has 0 fully saturated rings. The maximum atomic E-state index is 13.0. The highest BCUT2D eigenvalue weighted by Crippen LogP contribution is 2.20. The maximum absolute atomic E-state index is 13.0. The fourth-order valence-electron chi connectivity index (χ4n) is 1.68. The minimum atomic E-state index is -0.219. The number of pyridine rings is 1. The number of hydrogen-bond acceptors (Lipinski definition) is 2. The van der Waals surface area contributed by atoms with Crippen molar-refractivity contribution >= 4 is 16.7 Å². The number of fused-ring (bicyclic) bond motifs is 1. The van der Waals surface area contributed by atoms with Crippen molar-refractivity contribution in [3.05, 3.63) is 35.6 Å². The van der Waals surface area contributed by atoms with Crippen molar-refractivity contribution in [2.24, 2.45) is 0 Å². The van der Waals surface area contributed by atoms with Crippen molar-refractivity contribution in [1.82, 2.24) is 4.98 Å². The van der Waals surface area contributed by atoms with E-state index in [1.165, 1.54) is 12.1 Å². The van der Waals surface area contributed by atoms with Crippen molar-refractivity contribution in [3.8, 4) is 0 Å². The van der Waals surface area contributed by atoms with Crippen molar-refractivity contribution in [3.63, 3.8) is 0 Å². The average molecular weight is 218 g/mol. The first kappa shape index (κ1) is 10.9. The molecule has 2 aromatic rings. The van der Waals surface area contributed by atoms with Crippen LogP contribution in [0.1, 0.15) is 18.9 Å². The van der Waals surface area contributed by atoms with E-state index in [9.17, 15) is 4.39 Å². The molecule has 1 N–H and O–H groups in total. The lowest BCUT2D eigenvalue weighted by molar-refractivity contribution is 0.629. The van der Waals surface area contributed by atoms with Gasteiger partial charge in [-0.2, -0.15) is 0 Å². The van der Waals surface area contributed by atoms with Crippen LogP contribution in [0.5, 0.6) is 0 Å². The van der Waals surface area contributed by atoms with Crippen molar-refractivity contribution < 1.29 is 4.39 Å². The Hall–Kier alpha value is -1.64. The number of benzene rings is 1. The molecule has 0 unspecified atom stereocenters. The third-order valence-electron chi connectivity index (χ3n) is 2.51. The lowest BCUT2D eigenvalue weighted by Crippen LogP contribution is -2.03. The zero-order valence-electron chi connectivity index (χ0n) is 9.55. The van der Waals surface area contributed by atoms with Gasteiger partial charge >= 0.3 is 0 Å². The van der Waals surface area contributed by atoms with Crippen LogP contribution in [0.25, 0.3) is 10.9 Å². The van der Waals surface area contributed by atoms with Gasteiger partial charge in [0.15, 0.2) is 0 Å². The summed E-state index contributed by atoms with van der Waals surface area (Å²) >= 11 is 0. The third kappa shape index (κ3) is 2.13. The first-order valence-electron chi connectivity index (χ1n) is 5.51. The minimum Gasteiger partial charge on any atom is -0.370 e. The molecule has 1 aromatic heterocycles. The summed E-state index contributed by atoms with van der Waals surface area (Å²) in [5.41, 5.74) is 1.87. The van der Waals surface area contributed by atoms with Gasteiger partial charge in [0.25, 0.3) is 0 Å². The predicted molar refractivity (Wildman–Crippen MR) is 65.2 cm³/mol. The van der Waals surface area contributed by atoms with E-state index in [-0.39, 0.29) is 5.82 Å². The molecule has 0 saturated carbocycles. The number of aryl methyl sites for hydroxylation is 1. The monoisotopic (exact) mass is 218 g/mol. The first-order valence-corrected chi connectivity index (χ1v) is 5.51. The first-order chi connectivity index (χ1) is 7.70. The van der Waals surface area contributed by atoms with Gasteiger partial charge in [-0.15, -0.1) is 0 Å². The number of aromatic nitrogens is 1. The Kier molecular flexibility index (Phi) is 3.04. The van der Waals surface area contributed by atoms with Crippen LogP contribution in [-0.4, -0.2) is 11.5 Å². The summed E-state index contributed by atoms with van der Waals surface area (Å²) in [7, 11) is 0. The van der Waals surface area contributed by atoms with Gasteiger partial charge in [-0.25, -0.2) is 9.37 Å². The molecule has 0 saturated heterocycles. The SMILES string of the molecule is CCCNc1nc2ccc(F)cc2cc1C. The highest BCUT2D eigenvalue weighted by atomic mass is 19.1. The van der Waals surface area contributed by atoms with E-state index < -0.39 is 0 Å². The van der Waals surface area contributed by atoms with Gasteiger partial charge in [-0.05, 0) is 43.2 Å². The molecule has 1 heterocycles. The minimum absolute atomic E-state index is 0.219. The molecule has 0 aliphatic rings. The summed E-state index contributed by atoms with van der Waals surface area (Å²) in [5, 5.41) is 4.11. The average Bonchev–Trinajstić information content (AvgIpc) is 2.26. The van der Waals surface area contributed by atoms with Gasteiger partial charge in [0.2, 0.25) is 0 Å². The maximum Gasteiger partial charge on any atom is 0.129 e. The molecule has 2 rings (SSSR count). The second-order valence-electron chi connectivity index (χ2n) is 3.92. The molecule has 0 amide bonds. The van der Waals surface area contributed by atoms with E-state index in [0.717, 1.165) is 35.2 Å². The summed E-state index contributed by atoms with van der Waals surface area (Å²) in [6, 6.07) is 6.62. The molecule has 0 atom stereocenters. The van der Waals surface area contributed by atoms with Crippen LogP contribution in [0.3, 0.4) is 0 Å². The molecule has 84 valence electrons. The summed E-state index contributed by atoms with van der Waals surface area (Å²) in [6.07, 6.45) is 1.06. The normalized spacial score (nSPS) is 10.7. The molecule has 3 heteroatoms. The molecule has 0 aliphatic carbocycles. The fourth-order valence-corrected chi connectivity index (χ4v) is 1.68. The second-order valence-corrected chi connectivity index (χ2v) is 3.92. The molecule has 1 aromatic carbocycles.